The molecule has 4 heteroatoms. The minimum Gasteiger partial charge on any atom is -0.423 e. The molecular weight excluding hydrogens is 266 g/mol. The molecule has 0 aliphatic rings. The normalized spacial score (nSPS) is 10.7. The van der Waals surface area contributed by atoms with Gasteiger partial charge in [0.25, 0.3) is 0 Å². The number of unbranched alkanes of at least 4 members (excludes halogenated alkanes) is 2. The smallest absolute Gasteiger partial charge is 0.423 e. The number of rotatable bonds is 6. The van der Waals surface area contributed by atoms with Crippen molar-refractivity contribution in [3.63, 3.8) is 0 Å². The van der Waals surface area contributed by atoms with Crippen LogP contribution < -0.4 is 5.46 Å². The van der Waals surface area contributed by atoms with Gasteiger partial charge in [0.1, 0.15) is 5.82 Å². The van der Waals surface area contributed by atoms with Crippen molar-refractivity contribution in [2.24, 2.45) is 0 Å². The highest BCUT2D eigenvalue weighted by molar-refractivity contribution is 6.59. The van der Waals surface area contributed by atoms with Gasteiger partial charge in [-0.1, -0.05) is 62.2 Å². The molecule has 0 heterocycles. The molecule has 2 aromatic rings. The Kier molecular flexibility index (Phi) is 5.54. The molecule has 0 aliphatic heterocycles. The van der Waals surface area contributed by atoms with Gasteiger partial charge in [-0.15, -0.1) is 0 Å². The molecule has 21 heavy (non-hydrogen) atoms. The summed E-state index contributed by atoms with van der Waals surface area (Å²) in [5, 5.41) is 19.1. The third kappa shape index (κ3) is 3.71. The third-order valence-corrected chi connectivity index (χ3v) is 3.66. The number of benzene rings is 2. The number of hydrogen-bond acceptors (Lipinski definition) is 2. The van der Waals surface area contributed by atoms with E-state index in [-0.39, 0.29) is 5.46 Å². The van der Waals surface area contributed by atoms with Gasteiger partial charge in [-0.3, -0.25) is 0 Å². The van der Waals surface area contributed by atoms with Crippen molar-refractivity contribution in [3.05, 3.63) is 53.8 Å². The maximum absolute atomic E-state index is 14.7. The van der Waals surface area contributed by atoms with E-state index in [2.05, 4.69) is 6.92 Å². The van der Waals surface area contributed by atoms with E-state index in [1.165, 1.54) is 0 Å². The van der Waals surface area contributed by atoms with Crippen LogP contribution in [0.3, 0.4) is 0 Å². The molecule has 2 N–H and O–H groups in total. The fourth-order valence-corrected chi connectivity index (χ4v) is 2.54. The molecule has 0 aromatic heterocycles. The van der Waals surface area contributed by atoms with Crippen molar-refractivity contribution in [2.75, 3.05) is 0 Å². The summed E-state index contributed by atoms with van der Waals surface area (Å²) in [5.41, 5.74) is 1.82. The van der Waals surface area contributed by atoms with Gasteiger partial charge >= 0.3 is 7.12 Å². The van der Waals surface area contributed by atoms with Crippen molar-refractivity contribution < 1.29 is 14.4 Å². The van der Waals surface area contributed by atoms with Crippen LogP contribution in [0.4, 0.5) is 4.39 Å². The lowest BCUT2D eigenvalue weighted by Crippen LogP contribution is -2.36. The maximum atomic E-state index is 14.7. The van der Waals surface area contributed by atoms with Crippen LogP contribution in [0, 0.1) is 5.82 Å². The Bertz CT molecular complexity index is 585. The van der Waals surface area contributed by atoms with Gasteiger partial charge in [-0.25, -0.2) is 4.39 Å². The largest absolute Gasteiger partial charge is 0.491 e. The van der Waals surface area contributed by atoms with Crippen LogP contribution in [0.25, 0.3) is 11.1 Å². The standard InChI is InChI=1S/C17H20BFO2/c1-2-3-5-10-14-11-12-15(13-8-6-4-7-9-13)17(19)16(14)18(20)21/h4,6-9,11-12,20-21H,2-3,5,10H2,1H3. The van der Waals surface area contributed by atoms with E-state index >= 15 is 0 Å². The molecule has 0 spiro atoms. The first-order valence-corrected chi connectivity index (χ1v) is 7.38. The van der Waals surface area contributed by atoms with E-state index in [0.29, 0.717) is 17.5 Å². The Labute approximate surface area is 125 Å². The Hall–Kier alpha value is -1.65. The Balaban J connectivity index is 2.41. The molecule has 0 atom stereocenters. The van der Waals surface area contributed by atoms with Crippen LogP contribution in [-0.4, -0.2) is 17.2 Å². The minimum absolute atomic E-state index is 0.00690. The zero-order chi connectivity index (χ0) is 15.2. The van der Waals surface area contributed by atoms with E-state index in [4.69, 9.17) is 0 Å². The molecule has 0 amide bonds. The molecule has 2 nitrogen and oxygen atoms in total. The van der Waals surface area contributed by atoms with Crippen molar-refractivity contribution in [3.8, 4) is 11.1 Å². The first-order chi connectivity index (χ1) is 10.1. The van der Waals surface area contributed by atoms with Crippen molar-refractivity contribution in [1.82, 2.24) is 0 Å². The lowest BCUT2D eigenvalue weighted by atomic mass is 9.74. The summed E-state index contributed by atoms with van der Waals surface area (Å²) in [5.74, 6) is -0.537. The summed E-state index contributed by atoms with van der Waals surface area (Å²) in [4.78, 5) is 0. The molecule has 0 saturated heterocycles. The van der Waals surface area contributed by atoms with Gasteiger partial charge < -0.3 is 10.0 Å². The third-order valence-electron chi connectivity index (χ3n) is 3.66. The van der Waals surface area contributed by atoms with Crippen LogP contribution in [-0.2, 0) is 6.42 Å². The lowest BCUT2D eigenvalue weighted by Gasteiger charge is -2.13. The average Bonchev–Trinajstić information content (AvgIpc) is 2.48. The van der Waals surface area contributed by atoms with Gasteiger partial charge in [-0.2, -0.15) is 0 Å². The van der Waals surface area contributed by atoms with E-state index < -0.39 is 12.9 Å². The van der Waals surface area contributed by atoms with Gasteiger partial charge in [0.2, 0.25) is 0 Å². The molecule has 0 bridgehead atoms. The average molecular weight is 286 g/mol. The van der Waals surface area contributed by atoms with Crippen LogP contribution in [0.15, 0.2) is 42.5 Å². The second-order valence-corrected chi connectivity index (χ2v) is 5.20. The topological polar surface area (TPSA) is 40.5 Å². The van der Waals surface area contributed by atoms with Crippen molar-refractivity contribution >= 4 is 12.6 Å². The van der Waals surface area contributed by atoms with Gasteiger partial charge in [0.15, 0.2) is 0 Å². The highest BCUT2D eigenvalue weighted by atomic mass is 19.1. The molecule has 0 radical (unpaired) electrons. The molecule has 2 aromatic carbocycles. The van der Waals surface area contributed by atoms with Gasteiger partial charge in [-0.05, 0) is 24.0 Å². The second-order valence-electron chi connectivity index (χ2n) is 5.20. The zero-order valence-corrected chi connectivity index (χ0v) is 12.2. The summed E-state index contributed by atoms with van der Waals surface area (Å²) in [6.07, 6.45) is 3.69. The van der Waals surface area contributed by atoms with E-state index in [0.717, 1.165) is 24.8 Å². The molecule has 110 valence electrons. The molecule has 0 saturated carbocycles. The van der Waals surface area contributed by atoms with Crippen LogP contribution in [0.1, 0.15) is 31.7 Å². The summed E-state index contributed by atoms with van der Waals surface area (Å²) in [6, 6.07) is 12.7. The first kappa shape index (κ1) is 15.7. The molecule has 0 aliphatic carbocycles. The highest BCUT2D eigenvalue weighted by Gasteiger charge is 2.23. The van der Waals surface area contributed by atoms with E-state index in [1.54, 1.807) is 12.1 Å². The van der Waals surface area contributed by atoms with E-state index in [9.17, 15) is 14.4 Å². The van der Waals surface area contributed by atoms with Gasteiger partial charge in [0.05, 0.1) is 0 Å². The summed E-state index contributed by atoms with van der Waals surface area (Å²) in [7, 11) is -1.79. The van der Waals surface area contributed by atoms with Gasteiger partial charge in [0, 0.05) is 11.0 Å². The minimum atomic E-state index is -1.79. The highest BCUT2D eigenvalue weighted by Crippen LogP contribution is 2.23. The predicted molar refractivity (Wildman–Crippen MR) is 84.9 cm³/mol. The van der Waals surface area contributed by atoms with Crippen molar-refractivity contribution in [1.29, 1.82) is 0 Å². The molecule has 0 fully saturated rings. The van der Waals surface area contributed by atoms with Crippen LogP contribution in [0.5, 0.6) is 0 Å². The molecular formula is C17H20BFO2. The Morgan fingerprint density at radius 1 is 1.00 bits per heavy atom. The second kappa shape index (κ2) is 7.39. The summed E-state index contributed by atoms with van der Waals surface area (Å²) in [6.45, 7) is 2.10. The molecule has 0 unspecified atom stereocenters. The van der Waals surface area contributed by atoms with E-state index in [1.807, 2.05) is 30.3 Å². The maximum Gasteiger partial charge on any atom is 0.491 e. The quantitative estimate of drug-likeness (QED) is 0.633. The zero-order valence-electron chi connectivity index (χ0n) is 12.2. The molecule has 2 rings (SSSR count). The van der Waals surface area contributed by atoms with Crippen LogP contribution in [0.2, 0.25) is 0 Å². The Morgan fingerprint density at radius 2 is 1.71 bits per heavy atom. The number of aryl methyl sites for hydroxylation is 1. The van der Waals surface area contributed by atoms with Crippen molar-refractivity contribution in [2.45, 2.75) is 32.6 Å². The first-order valence-electron chi connectivity index (χ1n) is 7.38. The Morgan fingerprint density at radius 3 is 2.33 bits per heavy atom. The fraction of sp³-hybridized carbons (Fsp3) is 0.294. The fourth-order valence-electron chi connectivity index (χ4n) is 2.54. The number of hydrogen-bond donors (Lipinski definition) is 2. The predicted octanol–water partition coefficient (Wildman–Crippen LogP) is 2.91. The SMILES string of the molecule is CCCCCc1ccc(-c2ccccc2)c(F)c1B(O)O. The summed E-state index contributed by atoms with van der Waals surface area (Å²) < 4.78 is 14.7. The summed E-state index contributed by atoms with van der Waals surface area (Å²) >= 11 is 0. The monoisotopic (exact) mass is 286 g/mol. The number of halogens is 1. The lowest BCUT2D eigenvalue weighted by molar-refractivity contribution is 0.422. The van der Waals surface area contributed by atoms with Crippen LogP contribution >= 0.6 is 0 Å².